The molecule has 1 aliphatic rings. The number of ether oxygens (including phenoxy) is 1. The Morgan fingerprint density at radius 2 is 1.73 bits per heavy atom. The quantitative estimate of drug-likeness (QED) is 0.242. The van der Waals surface area contributed by atoms with E-state index in [-0.39, 0.29) is 42.0 Å². The maximum Gasteiger partial charge on any atom is 0.191 e. The lowest BCUT2D eigenvalue weighted by atomic mass is 10.1. The van der Waals surface area contributed by atoms with Crippen LogP contribution in [0.15, 0.2) is 53.5 Å². The van der Waals surface area contributed by atoms with E-state index in [9.17, 15) is 9.50 Å². The summed E-state index contributed by atoms with van der Waals surface area (Å²) in [6.07, 6.45) is 1.49. The van der Waals surface area contributed by atoms with Crippen molar-refractivity contribution in [2.45, 2.75) is 52.0 Å². The minimum Gasteiger partial charge on any atom is -0.489 e. The minimum atomic E-state index is -0.274. The first kappa shape index (κ1) is 27.3. The first-order valence-electron chi connectivity index (χ1n) is 11.4. The molecule has 0 radical (unpaired) electrons. The molecule has 0 bridgehead atoms. The van der Waals surface area contributed by atoms with Gasteiger partial charge in [0.25, 0.3) is 0 Å². The molecule has 1 unspecified atom stereocenters. The summed E-state index contributed by atoms with van der Waals surface area (Å²) in [6, 6.07) is 14.6. The van der Waals surface area contributed by atoms with E-state index >= 15 is 0 Å². The SMILES string of the molecule is CCNC(=NCc1ccc(CN2CCC(O)CC2)cc1)NCC(C)Oc1ccc(F)cc1.I. The molecule has 1 heterocycles. The molecule has 6 nitrogen and oxygen atoms in total. The van der Waals surface area contributed by atoms with Crippen LogP contribution >= 0.6 is 24.0 Å². The van der Waals surface area contributed by atoms with Crippen molar-refractivity contribution in [1.82, 2.24) is 15.5 Å². The summed E-state index contributed by atoms with van der Waals surface area (Å²) >= 11 is 0. The second kappa shape index (κ2) is 14.4. The molecular formula is C25H36FIN4O2. The predicted octanol–water partition coefficient (Wildman–Crippen LogP) is 3.92. The van der Waals surface area contributed by atoms with Gasteiger partial charge in [-0.1, -0.05) is 24.3 Å². The number of rotatable bonds is 9. The van der Waals surface area contributed by atoms with Crippen LogP contribution in [0.25, 0.3) is 0 Å². The fraction of sp³-hybridized carbons (Fsp3) is 0.480. The Labute approximate surface area is 213 Å². The largest absolute Gasteiger partial charge is 0.489 e. The van der Waals surface area contributed by atoms with E-state index in [0.717, 1.165) is 50.5 Å². The maximum atomic E-state index is 13.0. The van der Waals surface area contributed by atoms with Gasteiger partial charge in [-0.3, -0.25) is 4.90 Å². The van der Waals surface area contributed by atoms with Gasteiger partial charge in [0.15, 0.2) is 5.96 Å². The fourth-order valence-corrected chi connectivity index (χ4v) is 3.63. The van der Waals surface area contributed by atoms with Crippen molar-refractivity contribution < 1.29 is 14.2 Å². The lowest BCUT2D eigenvalue weighted by Gasteiger charge is -2.29. The molecule has 1 aliphatic heterocycles. The molecule has 2 aromatic rings. The van der Waals surface area contributed by atoms with Gasteiger partial charge in [-0.25, -0.2) is 9.38 Å². The highest BCUT2D eigenvalue weighted by molar-refractivity contribution is 14.0. The number of guanidine groups is 1. The molecule has 0 aliphatic carbocycles. The third-order valence-electron chi connectivity index (χ3n) is 5.46. The Morgan fingerprint density at radius 1 is 1.09 bits per heavy atom. The summed E-state index contributed by atoms with van der Waals surface area (Å²) in [4.78, 5) is 7.07. The van der Waals surface area contributed by atoms with Crippen LogP contribution in [0.3, 0.4) is 0 Å². The van der Waals surface area contributed by atoms with E-state index in [2.05, 4.69) is 44.8 Å². The van der Waals surface area contributed by atoms with Gasteiger partial charge < -0.3 is 20.5 Å². The van der Waals surface area contributed by atoms with Crippen LogP contribution in [0.4, 0.5) is 4.39 Å². The Hall–Kier alpha value is -1.91. The smallest absolute Gasteiger partial charge is 0.191 e. The Kier molecular flexibility index (Phi) is 11.9. The number of hydrogen-bond acceptors (Lipinski definition) is 4. The Morgan fingerprint density at radius 3 is 2.36 bits per heavy atom. The lowest BCUT2D eigenvalue weighted by Crippen LogP contribution is -2.41. The predicted molar refractivity (Wildman–Crippen MR) is 142 cm³/mol. The molecule has 0 spiro atoms. The number of piperidine rings is 1. The van der Waals surface area contributed by atoms with E-state index < -0.39 is 0 Å². The van der Waals surface area contributed by atoms with Crippen LogP contribution in [0.2, 0.25) is 0 Å². The highest BCUT2D eigenvalue weighted by Gasteiger charge is 2.16. The zero-order chi connectivity index (χ0) is 22.8. The van der Waals surface area contributed by atoms with E-state index in [1.54, 1.807) is 12.1 Å². The second-order valence-corrected chi connectivity index (χ2v) is 8.28. The van der Waals surface area contributed by atoms with Crippen molar-refractivity contribution in [3.63, 3.8) is 0 Å². The molecule has 1 atom stereocenters. The summed E-state index contributed by atoms with van der Waals surface area (Å²) in [5, 5.41) is 16.2. The van der Waals surface area contributed by atoms with Gasteiger partial charge >= 0.3 is 0 Å². The normalized spacial score (nSPS) is 16.1. The molecule has 0 saturated carbocycles. The van der Waals surface area contributed by atoms with Gasteiger partial charge in [-0.15, -0.1) is 24.0 Å². The van der Waals surface area contributed by atoms with Crippen LogP contribution in [-0.4, -0.2) is 54.4 Å². The van der Waals surface area contributed by atoms with Gasteiger partial charge in [-0.2, -0.15) is 0 Å². The molecule has 8 heteroatoms. The van der Waals surface area contributed by atoms with E-state index in [1.165, 1.54) is 17.7 Å². The lowest BCUT2D eigenvalue weighted by molar-refractivity contribution is 0.0792. The van der Waals surface area contributed by atoms with Crippen LogP contribution in [0, 0.1) is 5.82 Å². The third kappa shape index (κ3) is 9.85. The monoisotopic (exact) mass is 570 g/mol. The number of nitrogens with zero attached hydrogens (tertiary/aromatic N) is 2. The van der Waals surface area contributed by atoms with Crippen LogP contribution in [-0.2, 0) is 13.1 Å². The first-order chi connectivity index (χ1) is 15.5. The average Bonchev–Trinajstić information content (AvgIpc) is 2.80. The van der Waals surface area contributed by atoms with Crippen LogP contribution in [0.1, 0.15) is 37.8 Å². The van der Waals surface area contributed by atoms with Crippen molar-refractivity contribution in [2.75, 3.05) is 26.2 Å². The number of nitrogens with one attached hydrogen (secondary N) is 2. The van der Waals surface area contributed by atoms with Gasteiger partial charge in [0.1, 0.15) is 17.7 Å². The zero-order valence-corrected chi connectivity index (χ0v) is 21.8. The van der Waals surface area contributed by atoms with Crippen molar-refractivity contribution in [3.8, 4) is 5.75 Å². The van der Waals surface area contributed by atoms with Crippen LogP contribution in [0.5, 0.6) is 5.75 Å². The summed E-state index contributed by atoms with van der Waals surface area (Å²) in [7, 11) is 0. The Bertz CT molecular complexity index is 840. The molecule has 0 aromatic heterocycles. The summed E-state index contributed by atoms with van der Waals surface area (Å²) < 4.78 is 18.8. The number of aliphatic hydroxyl groups is 1. The standard InChI is InChI=1S/C25H35FN4O2.HI/c1-3-27-25(28-16-19(2)32-24-10-8-22(26)9-11-24)29-17-20-4-6-21(7-5-20)18-30-14-12-23(31)13-15-30;/h4-11,19,23,31H,3,12-18H2,1-2H3,(H2,27,28,29);1H. The number of halogens is 2. The summed E-state index contributed by atoms with van der Waals surface area (Å²) in [6.45, 7) is 8.74. The number of hydrogen-bond donors (Lipinski definition) is 3. The topological polar surface area (TPSA) is 69.1 Å². The summed E-state index contributed by atoms with van der Waals surface area (Å²) in [5.41, 5.74) is 2.43. The first-order valence-corrected chi connectivity index (χ1v) is 11.4. The molecule has 2 aromatic carbocycles. The minimum absolute atomic E-state index is 0. The number of aliphatic imine (C=N–C) groups is 1. The third-order valence-corrected chi connectivity index (χ3v) is 5.46. The molecule has 182 valence electrons. The highest BCUT2D eigenvalue weighted by atomic mass is 127. The number of aliphatic hydroxyl groups excluding tert-OH is 1. The van der Waals surface area contributed by atoms with E-state index in [4.69, 9.17) is 4.74 Å². The van der Waals surface area contributed by atoms with E-state index in [1.807, 2.05) is 13.8 Å². The zero-order valence-electron chi connectivity index (χ0n) is 19.5. The number of likely N-dealkylation sites (tertiary alicyclic amines) is 1. The molecule has 3 rings (SSSR count). The molecule has 1 saturated heterocycles. The fourth-order valence-electron chi connectivity index (χ4n) is 3.63. The maximum absolute atomic E-state index is 13.0. The second-order valence-electron chi connectivity index (χ2n) is 8.28. The van der Waals surface area contributed by atoms with Crippen molar-refractivity contribution >= 4 is 29.9 Å². The van der Waals surface area contributed by atoms with Gasteiger partial charge in [0, 0.05) is 26.2 Å². The van der Waals surface area contributed by atoms with Gasteiger partial charge in [0.05, 0.1) is 19.2 Å². The highest BCUT2D eigenvalue weighted by Crippen LogP contribution is 2.15. The van der Waals surface area contributed by atoms with Gasteiger partial charge in [0.2, 0.25) is 0 Å². The van der Waals surface area contributed by atoms with Gasteiger partial charge in [-0.05, 0) is 62.1 Å². The van der Waals surface area contributed by atoms with Crippen molar-refractivity contribution in [3.05, 3.63) is 65.5 Å². The molecule has 1 fully saturated rings. The van der Waals surface area contributed by atoms with Crippen LogP contribution < -0.4 is 15.4 Å². The molecule has 0 amide bonds. The van der Waals surface area contributed by atoms with E-state index in [0.29, 0.717) is 18.8 Å². The van der Waals surface area contributed by atoms with Crippen molar-refractivity contribution in [1.29, 1.82) is 0 Å². The molecule has 33 heavy (non-hydrogen) atoms. The number of benzene rings is 2. The molecular weight excluding hydrogens is 534 g/mol. The van der Waals surface area contributed by atoms with Crippen molar-refractivity contribution in [2.24, 2.45) is 4.99 Å². The average molecular weight is 570 g/mol. The Balaban J connectivity index is 0.00000385. The summed E-state index contributed by atoms with van der Waals surface area (Å²) in [5.74, 6) is 1.10. The molecule has 3 N–H and O–H groups in total.